The molecule has 0 radical (unpaired) electrons. The van der Waals surface area contributed by atoms with Crippen molar-refractivity contribution in [2.45, 2.75) is 25.3 Å². The molecule has 0 aliphatic heterocycles. The molecule has 0 atom stereocenters. The molecule has 122 valence electrons. The number of carbonyl (C=O) groups excluding carboxylic acids is 1. The molecule has 2 N–H and O–H groups in total. The normalized spacial score (nSPS) is 13.9. The number of aromatic nitrogens is 3. The molecule has 6 nitrogen and oxygen atoms in total. The van der Waals surface area contributed by atoms with Crippen LogP contribution in [0.25, 0.3) is 5.65 Å². The summed E-state index contributed by atoms with van der Waals surface area (Å²) in [6.07, 6.45) is 4.06. The molecule has 0 spiro atoms. The summed E-state index contributed by atoms with van der Waals surface area (Å²) in [6, 6.07) is 9.26. The van der Waals surface area contributed by atoms with Gasteiger partial charge in [0.1, 0.15) is 5.82 Å². The highest BCUT2D eigenvalue weighted by Crippen LogP contribution is 2.38. The first-order valence-corrected chi connectivity index (χ1v) is 7.83. The zero-order chi connectivity index (χ0) is 16.5. The van der Waals surface area contributed by atoms with Crippen molar-refractivity contribution in [3.63, 3.8) is 0 Å². The number of hydrogen-bond donors (Lipinski definition) is 2. The fraction of sp³-hybridized carbons (Fsp3) is 0.235. The van der Waals surface area contributed by atoms with Crippen molar-refractivity contribution in [2.24, 2.45) is 0 Å². The maximum absolute atomic E-state index is 12.9. The minimum absolute atomic E-state index is 0.298. The number of benzene rings is 1. The van der Waals surface area contributed by atoms with Gasteiger partial charge in [-0.15, -0.1) is 0 Å². The van der Waals surface area contributed by atoms with Crippen molar-refractivity contribution >= 4 is 17.4 Å². The molecule has 0 bridgehead atoms. The van der Waals surface area contributed by atoms with Crippen LogP contribution in [0.3, 0.4) is 0 Å². The summed E-state index contributed by atoms with van der Waals surface area (Å²) < 4.78 is 14.6. The van der Waals surface area contributed by atoms with Crippen molar-refractivity contribution in [1.29, 1.82) is 0 Å². The van der Waals surface area contributed by atoms with Crippen LogP contribution in [-0.2, 0) is 6.54 Å². The molecule has 7 heteroatoms. The molecule has 0 saturated heterocycles. The van der Waals surface area contributed by atoms with E-state index in [-0.39, 0.29) is 11.8 Å². The van der Waals surface area contributed by atoms with Gasteiger partial charge >= 0.3 is 6.03 Å². The molecule has 1 saturated carbocycles. The number of rotatable bonds is 4. The highest BCUT2D eigenvalue weighted by molar-refractivity contribution is 5.92. The first-order chi connectivity index (χ1) is 11.7. The second-order valence-electron chi connectivity index (χ2n) is 5.87. The molecule has 1 aromatic carbocycles. The molecule has 2 heterocycles. The largest absolute Gasteiger partial charge is 0.334 e. The SMILES string of the molecule is O=C(NCc1ccc(F)cc1)Nc1cccn2nc(C3CC3)nc12. The Labute approximate surface area is 137 Å². The molecule has 1 aliphatic carbocycles. The summed E-state index contributed by atoms with van der Waals surface area (Å²) in [5, 5.41) is 9.98. The maximum Gasteiger partial charge on any atom is 0.319 e. The number of halogens is 1. The third-order valence-corrected chi connectivity index (χ3v) is 3.94. The van der Waals surface area contributed by atoms with E-state index in [0.717, 1.165) is 24.2 Å². The fourth-order valence-corrected chi connectivity index (χ4v) is 2.49. The van der Waals surface area contributed by atoms with Gasteiger partial charge in [-0.05, 0) is 42.7 Å². The molecule has 4 rings (SSSR count). The number of fused-ring (bicyclic) bond motifs is 1. The Morgan fingerprint density at radius 2 is 2.04 bits per heavy atom. The van der Waals surface area contributed by atoms with E-state index in [1.807, 2.05) is 12.3 Å². The van der Waals surface area contributed by atoms with E-state index in [1.54, 1.807) is 22.7 Å². The quantitative estimate of drug-likeness (QED) is 0.774. The smallest absolute Gasteiger partial charge is 0.319 e. The Balaban J connectivity index is 1.45. The highest BCUT2D eigenvalue weighted by atomic mass is 19.1. The van der Waals surface area contributed by atoms with E-state index in [9.17, 15) is 9.18 Å². The van der Waals surface area contributed by atoms with Gasteiger partial charge < -0.3 is 10.6 Å². The summed E-state index contributed by atoms with van der Waals surface area (Å²) in [4.78, 5) is 16.6. The van der Waals surface area contributed by atoms with Gasteiger partial charge in [-0.3, -0.25) is 0 Å². The standard InChI is InChI=1S/C17H16FN5O/c18-13-7-3-11(4-8-13)10-19-17(24)20-14-2-1-9-23-16(14)21-15(22-23)12-5-6-12/h1-4,7-9,12H,5-6,10H2,(H2,19,20,24). The summed E-state index contributed by atoms with van der Waals surface area (Å²) >= 11 is 0. The zero-order valence-corrected chi connectivity index (χ0v) is 12.9. The van der Waals surface area contributed by atoms with Crippen LogP contribution in [0, 0.1) is 5.82 Å². The summed E-state index contributed by atoms with van der Waals surface area (Å²) in [6.45, 7) is 0.315. The predicted octanol–water partition coefficient (Wildman–Crippen LogP) is 3.07. The van der Waals surface area contributed by atoms with Crippen molar-refractivity contribution < 1.29 is 9.18 Å². The highest BCUT2D eigenvalue weighted by Gasteiger charge is 2.28. The van der Waals surface area contributed by atoms with Crippen LogP contribution < -0.4 is 10.6 Å². The Morgan fingerprint density at radius 1 is 1.25 bits per heavy atom. The Kier molecular flexibility index (Phi) is 3.60. The molecule has 0 unspecified atom stereocenters. The summed E-state index contributed by atoms with van der Waals surface area (Å²) in [5.74, 6) is 0.981. The third kappa shape index (κ3) is 3.05. The van der Waals surface area contributed by atoms with E-state index in [0.29, 0.717) is 23.8 Å². The number of nitrogens with zero attached hydrogens (tertiary/aromatic N) is 3. The van der Waals surface area contributed by atoms with E-state index in [4.69, 9.17) is 0 Å². The van der Waals surface area contributed by atoms with Gasteiger partial charge in [-0.1, -0.05) is 12.1 Å². The van der Waals surface area contributed by atoms with Crippen molar-refractivity contribution in [3.05, 3.63) is 59.8 Å². The second kappa shape index (κ2) is 5.92. The average molecular weight is 325 g/mol. The molecule has 24 heavy (non-hydrogen) atoms. The van der Waals surface area contributed by atoms with Crippen LogP contribution >= 0.6 is 0 Å². The van der Waals surface area contributed by atoms with Crippen molar-refractivity contribution in [2.75, 3.05) is 5.32 Å². The number of nitrogens with one attached hydrogen (secondary N) is 2. The van der Waals surface area contributed by atoms with Crippen LogP contribution in [0.4, 0.5) is 14.9 Å². The van der Waals surface area contributed by atoms with Gasteiger partial charge in [0, 0.05) is 18.7 Å². The van der Waals surface area contributed by atoms with E-state index in [1.165, 1.54) is 12.1 Å². The lowest BCUT2D eigenvalue weighted by Gasteiger charge is -2.08. The monoisotopic (exact) mass is 325 g/mol. The van der Waals surface area contributed by atoms with Crippen LogP contribution in [0.2, 0.25) is 0 Å². The molecular weight excluding hydrogens is 309 g/mol. The first kappa shape index (κ1) is 14.6. The minimum atomic E-state index is -0.344. The number of pyridine rings is 1. The van der Waals surface area contributed by atoms with Crippen LogP contribution in [0.1, 0.15) is 30.1 Å². The molecule has 2 aromatic heterocycles. The fourth-order valence-electron chi connectivity index (χ4n) is 2.49. The van der Waals surface area contributed by atoms with Crippen LogP contribution in [0.5, 0.6) is 0 Å². The van der Waals surface area contributed by atoms with Gasteiger partial charge in [0.2, 0.25) is 0 Å². The van der Waals surface area contributed by atoms with E-state index < -0.39 is 0 Å². The van der Waals surface area contributed by atoms with Crippen LogP contribution in [-0.4, -0.2) is 20.6 Å². The third-order valence-electron chi connectivity index (χ3n) is 3.94. The van der Waals surface area contributed by atoms with E-state index in [2.05, 4.69) is 20.7 Å². The van der Waals surface area contributed by atoms with Crippen LogP contribution in [0.15, 0.2) is 42.6 Å². The lowest BCUT2D eigenvalue weighted by Crippen LogP contribution is -2.28. The predicted molar refractivity (Wildman–Crippen MR) is 87.2 cm³/mol. The van der Waals surface area contributed by atoms with E-state index >= 15 is 0 Å². The number of urea groups is 1. The zero-order valence-electron chi connectivity index (χ0n) is 12.9. The van der Waals surface area contributed by atoms with Crippen molar-refractivity contribution in [3.8, 4) is 0 Å². The van der Waals surface area contributed by atoms with Crippen molar-refractivity contribution in [1.82, 2.24) is 19.9 Å². The minimum Gasteiger partial charge on any atom is -0.334 e. The Hall–Kier alpha value is -2.96. The molecular formula is C17H16FN5O. The lowest BCUT2D eigenvalue weighted by atomic mass is 10.2. The Bertz CT molecular complexity index is 886. The average Bonchev–Trinajstić information content (AvgIpc) is 3.34. The first-order valence-electron chi connectivity index (χ1n) is 7.83. The molecule has 2 amide bonds. The van der Waals surface area contributed by atoms with Gasteiger partial charge in [0.15, 0.2) is 11.5 Å². The number of amides is 2. The lowest BCUT2D eigenvalue weighted by molar-refractivity contribution is 0.252. The molecule has 3 aromatic rings. The van der Waals surface area contributed by atoms with Gasteiger partial charge in [-0.2, -0.15) is 5.10 Å². The van der Waals surface area contributed by atoms with Gasteiger partial charge in [-0.25, -0.2) is 18.7 Å². The van der Waals surface area contributed by atoms with Gasteiger partial charge in [0.05, 0.1) is 5.69 Å². The topological polar surface area (TPSA) is 71.3 Å². The maximum atomic E-state index is 12.9. The summed E-state index contributed by atoms with van der Waals surface area (Å²) in [7, 11) is 0. The number of hydrogen-bond acceptors (Lipinski definition) is 3. The van der Waals surface area contributed by atoms with Gasteiger partial charge in [0.25, 0.3) is 0 Å². The number of carbonyl (C=O) groups is 1. The molecule has 1 fully saturated rings. The molecule has 1 aliphatic rings. The number of anilines is 1. The Morgan fingerprint density at radius 3 is 2.79 bits per heavy atom. The second-order valence-corrected chi connectivity index (χ2v) is 5.87. The summed E-state index contributed by atoms with van der Waals surface area (Å²) in [5.41, 5.74) is 2.06.